The molecule has 0 radical (unpaired) electrons. The van der Waals surface area contributed by atoms with Gasteiger partial charge in [0.1, 0.15) is 5.75 Å². The zero-order valence-electron chi connectivity index (χ0n) is 14.5. The van der Waals surface area contributed by atoms with Crippen LogP contribution in [0.2, 0.25) is 0 Å². The van der Waals surface area contributed by atoms with Crippen LogP contribution in [0.15, 0.2) is 54.7 Å². The van der Waals surface area contributed by atoms with Crippen LogP contribution < -0.4 is 9.64 Å². The lowest BCUT2D eigenvalue weighted by Crippen LogP contribution is -2.29. The van der Waals surface area contributed by atoms with Gasteiger partial charge in [0.25, 0.3) is 11.6 Å². The number of amides is 1. The highest BCUT2D eigenvalue weighted by Gasteiger charge is 2.28. The Morgan fingerprint density at radius 3 is 2.67 bits per heavy atom. The molecule has 8 nitrogen and oxygen atoms in total. The fourth-order valence-electron chi connectivity index (χ4n) is 3.15. The number of carbonyl (C=O) groups excluding carboxylic acids is 1. The van der Waals surface area contributed by atoms with Crippen LogP contribution in [0.3, 0.4) is 0 Å². The van der Waals surface area contributed by atoms with Crippen LogP contribution in [0.4, 0.5) is 11.4 Å². The number of carbonyl (C=O) groups is 1. The van der Waals surface area contributed by atoms with Gasteiger partial charge < -0.3 is 9.64 Å². The van der Waals surface area contributed by atoms with Gasteiger partial charge in [-0.3, -0.25) is 14.9 Å². The molecule has 2 heterocycles. The second-order valence-electron chi connectivity index (χ2n) is 6.12. The summed E-state index contributed by atoms with van der Waals surface area (Å²) in [6.07, 6.45) is 2.37. The molecule has 0 unspecified atom stereocenters. The highest BCUT2D eigenvalue weighted by atomic mass is 16.6. The maximum absolute atomic E-state index is 12.9. The molecule has 27 heavy (non-hydrogen) atoms. The molecule has 1 aliphatic rings. The van der Waals surface area contributed by atoms with Gasteiger partial charge in [0.2, 0.25) is 0 Å². The number of nitro groups is 1. The molecule has 0 saturated carbocycles. The zero-order valence-corrected chi connectivity index (χ0v) is 14.5. The van der Waals surface area contributed by atoms with Crippen molar-refractivity contribution in [2.45, 2.75) is 6.42 Å². The lowest BCUT2D eigenvalue weighted by atomic mass is 10.1. The van der Waals surface area contributed by atoms with Crippen molar-refractivity contribution in [2.24, 2.45) is 0 Å². The number of nitrogens with zero attached hydrogens (tertiary/aromatic N) is 4. The number of ether oxygens (including phenoxy) is 1. The molecule has 2 aromatic carbocycles. The lowest BCUT2D eigenvalue weighted by Gasteiger charge is -2.15. The van der Waals surface area contributed by atoms with Crippen molar-refractivity contribution < 1.29 is 14.5 Å². The maximum Gasteiger partial charge on any atom is 0.278 e. The fourth-order valence-corrected chi connectivity index (χ4v) is 3.15. The molecule has 8 heteroatoms. The highest BCUT2D eigenvalue weighted by molar-refractivity contribution is 6.06. The molecule has 0 bridgehead atoms. The Hall–Kier alpha value is -3.68. The van der Waals surface area contributed by atoms with Gasteiger partial charge in [-0.25, -0.2) is 4.68 Å². The summed E-state index contributed by atoms with van der Waals surface area (Å²) in [5, 5.41) is 15.4. The molecular formula is C19H16N4O4. The van der Waals surface area contributed by atoms with E-state index in [1.807, 2.05) is 24.3 Å². The van der Waals surface area contributed by atoms with E-state index in [0.29, 0.717) is 18.7 Å². The van der Waals surface area contributed by atoms with E-state index in [1.165, 1.54) is 12.1 Å². The molecule has 1 aliphatic heterocycles. The first-order chi connectivity index (χ1) is 13.1. The Labute approximate surface area is 154 Å². The number of methoxy groups -OCH3 is 1. The molecule has 1 aromatic heterocycles. The molecule has 0 saturated heterocycles. The van der Waals surface area contributed by atoms with Crippen LogP contribution in [-0.4, -0.2) is 34.3 Å². The van der Waals surface area contributed by atoms with Crippen LogP contribution in [0.1, 0.15) is 16.1 Å². The number of anilines is 1. The summed E-state index contributed by atoms with van der Waals surface area (Å²) in [5.74, 6) is 0.457. The SMILES string of the molecule is COc1ccc(-n2ccc(C(=O)N3CCc4ccc([N+](=O)[O-])cc43)n2)cc1. The monoisotopic (exact) mass is 364 g/mol. The molecule has 0 N–H and O–H groups in total. The van der Waals surface area contributed by atoms with Gasteiger partial charge in [-0.2, -0.15) is 5.10 Å². The van der Waals surface area contributed by atoms with Crippen molar-refractivity contribution in [1.82, 2.24) is 9.78 Å². The number of fused-ring (bicyclic) bond motifs is 1. The van der Waals surface area contributed by atoms with Crippen LogP contribution in [0.5, 0.6) is 5.75 Å². The first kappa shape index (κ1) is 16.8. The normalized spacial score (nSPS) is 12.7. The van der Waals surface area contributed by atoms with E-state index in [9.17, 15) is 14.9 Å². The van der Waals surface area contributed by atoms with Crippen LogP contribution in [-0.2, 0) is 6.42 Å². The van der Waals surface area contributed by atoms with E-state index in [2.05, 4.69) is 5.10 Å². The third kappa shape index (κ3) is 3.01. The molecule has 4 rings (SSSR count). The first-order valence-electron chi connectivity index (χ1n) is 8.36. The molecule has 136 valence electrons. The van der Waals surface area contributed by atoms with Crippen molar-refractivity contribution in [3.8, 4) is 11.4 Å². The van der Waals surface area contributed by atoms with Gasteiger partial charge >= 0.3 is 0 Å². The number of hydrogen-bond acceptors (Lipinski definition) is 5. The Balaban J connectivity index is 1.61. The molecule has 0 fully saturated rings. The molecule has 0 spiro atoms. The van der Waals surface area contributed by atoms with E-state index >= 15 is 0 Å². The number of rotatable bonds is 4. The summed E-state index contributed by atoms with van der Waals surface area (Å²) in [6, 6.07) is 13.6. The molecule has 0 atom stereocenters. The lowest BCUT2D eigenvalue weighted by molar-refractivity contribution is -0.384. The average Bonchev–Trinajstić information content (AvgIpc) is 3.34. The van der Waals surface area contributed by atoms with Crippen molar-refractivity contribution in [3.63, 3.8) is 0 Å². The number of nitro benzene ring substituents is 1. The fraction of sp³-hybridized carbons (Fsp3) is 0.158. The molecule has 1 amide bonds. The first-order valence-corrected chi connectivity index (χ1v) is 8.36. The molecule has 0 aliphatic carbocycles. The summed E-state index contributed by atoms with van der Waals surface area (Å²) in [5.41, 5.74) is 2.55. The van der Waals surface area contributed by atoms with Gasteiger partial charge in [-0.05, 0) is 42.3 Å². The minimum absolute atomic E-state index is 0.0304. The van der Waals surface area contributed by atoms with Crippen LogP contribution >= 0.6 is 0 Å². The third-order valence-electron chi connectivity index (χ3n) is 4.57. The quantitative estimate of drug-likeness (QED) is 0.524. The summed E-state index contributed by atoms with van der Waals surface area (Å²) in [7, 11) is 1.60. The van der Waals surface area contributed by atoms with Gasteiger partial charge in [-0.1, -0.05) is 6.07 Å². The minimum Gasteiger partial charge on any atom is -0.497 e. The summed E-state index contributed by atoms with van der Waals surface area (Å²) >= 11 is 0. The largest absolute Gasteiger partial charge is 0.497 e. The summed E-state index contributed by atoms with van der Waals surface area (Å²) < 4.78 is 6.75. The van der Waals surface area contributed by atoms with Crippen LogP contribution in [0.25, 0.3) is 5.69 Å². The van der Waals surface area contributed by atoms with E-state index < -0.39 is 4.92 Å². The van der Waals surface area contributed by atoms with Gasteiger partial charge in [0, 0.05) is 24.9 Å². The number of benzene rings is 2. The summed E-state index contributed by atoms with van der Waals surface area (Å²) in [6.45, 7) is 0.477. The Bertz CT molecular complexity index is 1030. The van der Waals surface area contributed by atoms with Crippen molar-refractivity contribution >= 4 is 17.3 Å². The number of non-ortho nitro benzene ring substituents is 1. The topological polar surface area (TPSA) is 90.5 Å². The predicted octanol–water partition coefficient (Wildman–Crippen LogP) is 2.99. The molecular weight excluding hydrogens is 348 g/mol. The second-order valence-corrected chi connectivity index (χ2v) is 6.12. The predicted molar refractivity (Wildman–Crippen MR) is 98.6 cm³/mol. The zero-order chi connectivity index (χ0) is 19.0. The van der Waals surface area contributed by atoms with Gasteiger partial charge in [0.05, 0.1) is 23.4 Å². The Kier molecular flexibility index (Phi) is 4.08. The average molecular weight is 364 g/mol. The van der Waals surface area contributed by atoms with E-state index in [1.54, 1.807) is 35.0 Å². The van der Waals surface area contributed by atoms with E-state index in [4.69, 9.17) is 4.74 Å². The highest BCUT2D eigenvalue weighted by Crippen LogP contribution is 2.32. The van der Waals surface area contributed by atoms with Gasteiger partial charge in [0.15, 0.2) is 5.69 Å². The van der Waals surface area contributed by atoms with Gasteiger partial charge in [-0.15, -0.1) is 0 Å². The van der Waals surface area contributed by atoms with Crippen molar-refractivity contribution in [3.05, 3.63) is 76.1 Å². The number of aromatic nitrogens is 2. The van der Waals surface area contributed by atoms with Crippen molar-refractivity contribution in [1.29, 1.82) is 0 Å². The minimum atomic E-state index is -0.459. The summed E-state index contributed by atoms with van der Waals surface area (Å²) in [4.78, 5) is 25.0. The van der Waals surface area contributed by atoms with Crippen LogP contribution in [0, 0.1) is 10.1 Å². The Morgan fingerprint density at radius 2 is 1.96 bits per heavy atom. The number of hydrogen-bond donors (Lipinski definition) is 0. The van der Waals surface area contributed by atoms with Crippen molar-refractivity contribution in [2.75, 3.05) is 18.6 Å². The smallest absolute Gasteiger partial charge is 0.278 e. The second kappa shape index (κ2) is 6.56. The third-order valence-corrected chi connectivity index (χ3v) is 4.57. The molecule has 3 aromatic rings. The maximum atomic E-state index is 12.9. The Morgan fingerprint density at radius 1 is 1.19 bits per heavy atom. The van der Waals surface area contributed by atoms with E-state index in [0.717, 1.165) is 17.0 Å². The standard InChI is InChI=1S/C19H16N4O4/c1-27-16-6-4-14(5-7-16)22-11-9-17(20-22)19(24)21-10-8-13-2-3-15(23(25)26)12-18(13)21/h2-7,9,11-12H,8,10H2,1H3. The van der Waals surface area contributed by atoms with E-state index in [-0.39, 0.29) is 17.3 Å².